The summed E-state index contributed by atoms with van der Waals surface area (Å²) >= 11 is 0. The Balaban J connectivity index is 1.66. The van der Waals surface area contributed by atoms with Gasteiger partial charge in [0.15, 0.2) is 5.76 Å². The van der Waals surface area contributed by atoms with Crippen LogP contribution in [0.3, 0.4) is 0 Å². The maximum atomic E-state index is 12.4. The van der Waals surface area contributed by atoms with Crippen molar-refractivity contribution in [1.29, 1.82) is 0 Å². The van der Waals surface area contributed by atoms with Crippen molar-refractivity contribution in [1.82, 2.24) is 19.7 Å². The standard InChI is InChI=1S/C26H29N5O2/c1-4-20(5-2)31-16-19(10-11-26(31)32)23-14-28-15-24(29-23)25-13-22(30-33-25)18-9-7-8-17(12-18)21(27)6-3/h7-16,20-21H,4-6,27H2,1-3H3. The van der Waals surface area contributed by atoms with Crippen molar-refractivity contribution in [3.8, 4) is 34.0 Å². The zero-order chi connectivity index (χ0) is 23.4. The van der Waals surface area contributed by atoms with Crippen LogP contribution >= 0.6 is 0 Å². The van der Waals surface area contributed by atoms with Gasteiger partial charge in [-0.3, -0.25) is 9.78 Å². The Hall–Kier alpha value is -3.58. The molecule has 1 atom stereocenters. The number of benzene rings is 1. The molecule has 33 heavy (non-hydrogen) atoms. The van der Waals surface area contributed by atoms with Gasteiger partial charge in [-0.2, -0.15) is 0 Å². The van der Waals surface area contributed by atoms with E-state index in [1.807, 2.05) is 36.5 Å². The van der Waals surface area contributed by atoms with Gasteiger partial charge < -0.3 is 14.8 Å². The number of aromatic nitrogens is 4. The fourth-order valence-electron chi connectivity index (χ4n) is 3.94. The van der Waals surface area contributed by atoms with E-state index in [1.54, 1.807) is 29.1 Å². The van der Waals surface area contributed by atoms with E-state index in [9.17, 15) is 4.79 Å². The molecule has 2 N–H and O–H groups in total. The molecule has 7 heteroatoms. The Morgan fingerprint density at radius 3 is 2.48 bits per heavy atom. The van der Waals surface area contributed by atoms with Gasteiger partial charge in [0.2, 0.25) is 0 Å². The number of hydrogen-bond acceptors (Lipinski definition) is 6. The van der Waals surface area contributed by atoms with Gasteiger partial charge in [-0.15, -0.1) is 0 Å². The van der Waals surface area contributed by atoms with Gasteiger partial charge >= 0.3 is 0 Å². The summed E-state index contributed by atoms with van der Waals surface area (Å²) in [6.45, 7) is 6.23. The number of nitrogens with zero attached hydrogens (tertiary/aromatic N) is 4. The molecule has 3 heterocycles. The van der Waals surface area contributed by atoms with Crippen LogP contribution in [0.5, 0.6) is 0 Å². The van der Waals surface area contributed by atoms with E-state index in [0.29, 0.717) is 22.8 Å². The van der Waals surface area contributed by atoms with Crippen LogP contribution in [-0.2, 0) is 0 Å². The van der Waals surface area contributed by atoms with Gasteiger partial charge in [0, 0.05) is 41.5 Å². The van der Waals surface area contributed by atoms with E-state index in [2.05, 4.69) is 30.9 Å². The summed E-state index contributed by atoms with van der Waals surface area (Å²) in [5.41, 5.74) is 11.0. The highest BCUT2D eigenvalue weighted by atomic mass is 16.5. The lowest BCUT2D eigenvalue weighted by molar-refractivity contribution is 0.433. The smallest absolute Gasteiger partial charge is 0.250 e. The van der Waals surface area contributed by atoms with E-state index in [1.165, 1.54) is 0 Å². The van der Waals surface area contributed by atoms with Gasteiger partial charge in [-0.1, -0.05) is 44.1 Å². The molecule has 0 aliphatic rings. The number of nitrogens with two attached hydrogens (primary N) is 1. The van der Waals surface area contributed by atoms with E-state index < -0.39 is 0 Å². The van der Waals surface area contributed by atoms with Crippen LogP contribution in [0.2, 0.25) is 0 Å². The Labute approximate surface area is 193 Å². The molecule has 0 aliphatic heterocycles. The molecule has 170 valence electrons. The summed E-state index contributed by atoms with van der Waals surface area (Å²) in [6.07, 6.45) is 7.83. The van der Waals surface area contributed by atoms with Crippen LogP contribution in [-0.4, -0.2) is 19.7 Å². The third-order valence-corrected chi connectivity index (χ3v) is 6.02. The van der Waals surface area contributed by atoms with Gasteiger partial charge in [-0.05, 0) is 37.0 Å². The largest absolute Gasteiger partial charge is 0.354 e. The van der Waals surface area contributed by atoms with Crippen molar-refractivity contribution in [3.63, 3.8) is 0 Å². The topological polar surface area (TPSA) is 99.8 Å². The van der Waals surface area contributed by atoms with Crippen molar-refractivity contribution in [2.45, 2.75) is 52.1 Å². The lowest BCUT2D eigenvalue weighted by atomic mass is 10.0. The summed E-state index contributed by atoms with van der Waals surface area (Å²) in [7, 11) is 0. The third kappa shape index (κ3) is 4.78. The van der Waals surface area contributed by atoms with Gasteiger partial charge in [0.25, 0.3) is 5.56 Å². The molecular weight excluding hydrogens is 414 g/mol. The van der Waals surface area contributed by atoms with Crippen LogP contribution in [0, 0.1) is 0 Å². The molecule has 0 saturated heterocycles. The first-order valence-electron chi connectivity index (χ1n) is 11.4. The van der Waals surface area contributed by atoms with Crippen LogP contribution in [0.4, 0.5) is 0 Å². The molecule has 3 aromatic heterocycles. The second kappa shape index (κ2) is 9.92. The van der Waals surface area contributed by atoms with E-state index in [4.69, 9.17) is 15.2 Å². The second-order valence-corrected chi connectivity index (χ2v) is 8.14. The van der Waals surface area contributed by atoms with E-state index in [-0.39, 0.29) is 17.6 Å². The predicted octanol–water partition coefficient (Wildman–Crippen LogP) is 5.40. The summed E-state index contributed by atoms with van der Waals surface area (Å²) in [5.74, 6) is 0.526. The Morgan fingerprint density at radius 1 is 0.939 bits per heavy atom. The van der Waals surface area contributed by atoms with E-state index in [0.717, 1.165) is 36.0 Å². The minimum atomic E-state index is -0.0125. The average Bonchev–Trinajstić information content (AvgIpc) is 3.36. The zero-order valence-electron chi connectivity index (χ0n) is 19.2. The Bertz CT molecular complexity index is 1290. The number of pyridine rings is 1. The van der Waals surface area contributed by atoms with Crippen molar-refractivity contribution in [2.75, 3.05) is 0 Å². The molecule has 0 amide bonds. The summed E-state index contributed by atoms with van der Waals surface area (Å²) < 4.78 is 7.38. The molecule has 0 bridgehead atoms. The van der Waals surface area contributed by atoms with Gasteiger partial charge in [0.1, 0.15) is 11.4 Å². The van der Waals surface area contributed by atoms with Crippen molar-refractivity contribution < 1.29 is 4.52 Å². The molecule has 0 saturated carbocycles. The van der Waals surface area contributed by atoms with Crippen LogP contribution < -0.4 is 11.3 Å². The number of rotatable bonds is 8. The molecule has 0 aliphatic carbocycles. The molecule has 1 aromatic carbocycles. The lowest BCUT2D eigenvalue weighted by Crippen LogP contribution is -2.23. The SMILES string of the molecule is CCC(N)c1cccc(-c2cc(-c3cncc(-c4ccc(=O)n(C(CC)CC)c4)n3)on2)c1. The quantitative estimate of drug-likeness (QED) is 0.391. The Kier molecular flexibility index (Phi) is 6.79. The molecule has 1 unspecified atom stereocenters. The van der Waals surface area contributed by atoms with Gasteiger partial charge in [-0.25, -0.2) is 4.98 Å². The molecular formula is C26H29N5O2. The third-order valence-electron chi connectivity index (χ3n) is 6.02. The van der Waals surface area contributed by atoms with Crippen LogP contribution in [0.15, 0.2) is 70.4 Å². The molecule has 4 aromatic rings. The first-order chi connectivity index (χ1) is 16.0. The summed E-state index contributed by atoms with van der Waals surface area (Å²) in [5, 5.41) is 4.23. The first-order valence-corrected chi connectivity index (χ1v) is 11.4. The van der Waals surface area contributed by atoms with Crippen LogP contribution in [0.25, 0.3) is 34.0 Å². The molecule has 0 fully saturated rings. The lowest BCUT2D eigenvalue weighted by Gasteiger charge is -2.17. The molecule has 4 rings (SSSR count). The maximum absolute atomic E-state index is 12.4. The molecule has 7 nitrogen and oxygen atoms in total. The fraction of sp³-hybridized carbons (Fsp3) is 0.308. The zero-order valence-corrected chi connectivity index (χ0v) is 19.2. The second-order valence-electron chi connectivity index (χ2n) is 8.14. The summed E-state index contributed by atoms with van der Waals surface area (Å²) in [6, 6.07) is 13.4. The Morgan fingerprint density at radius 2 is 1.73 bits per heavy atom. The van der Waals surface area contributed by atoms with Crippen molar-refractivity contribution in [2.24, 2.45) is 5.73 Å². The van der Waals surface area contributed by atoms with Crippen LogP contribution in [0.1, 0.15) is 57.7 Å². The molecule has 0 radical (unpaired) electrons. The fourth-order valence-corrected chi connectivity index (χ4v) is 3.94. The average molecular weight is 444 g/mol. The molecule has 0 spiro atoms. The monoisotopic (exact) mass is 443 g/mol. The highest BCUT2D eigenvalue weighted by Crippen LogP contribution is 2.28. The number of hydrogen-bond donors (Lipinski definition) is 1. The first kappa shape index (κ1) is 22.6. The maximum Gasteiger partial charge on any atom is 0.250 e. The normalized spacial score (nSPS) is 12.3. The van der Waals surface area contributed by atoms with Crippen molar-refractivity contribution >= 4 is 0 Å². The predicted molar refractivity (Wildman–Crippen MR) is 129 cm³/mol. The summed E-state index contributed by atoms with van der Waals surface area (Å²) in [4.78, 5) is 21.4. The van der Waals surface area contributed by atoms with E-state index >= 15 is 0 Å². The highest BCUT2D eigenvalue weighted by Gasteiger charge is 2.14. The minimum Gasteiger partial charge on any atom is -0.354 e. The minimum absolute atomic E-state index is 0.0119. The van der Waals surface area contributed by atoms with Crippen molar-refractivity contribution in [3.05, 3.63) is 77.0 Å². The highest BCUT2D eigenvalue weighted by molar-refractivity contribution is 5.67. The van der Waals surface area contributed by atoms with Gasteiger partial charge in [0.05, 0.1) is 18.1 Å².